The number of nitrogens with zero attached hydrogens (tertiary/aromatic N) is 2. The summed E-state index contributed by atoms with van der Waals surface area (Å²) in [5.74, 6) is 1.28. The van der Waals surface area contributed by atoms with Crippen molar-refractivity contribution in [2.24, 2.45) is 0 Å². The molecule has 6 heteroatoms. The molecule has 1 heterocycles. The van der Waals surface area contributed by atoms with E-state index in [2.05, 4.69) is 32.0 Å². The lowest BCUT2D eigenvalue weighted by molar-refractivity contribution is 0.304. The number of halogens is 2. The summed E-state index contributed by atoms with van der Waals surface area (Å²) < 4.78 is 6.70. The number of hydrogen-bond acceptors (Lipinski definition) is 3. The minimum atomic E-state index is 0.437. The lowest BCUT2D eigenvalue weighted by Crippen LogP contribution is -1.96. The molecule has 0 aliphatic carbocycles. The first-order valence-electron chi connectivity index (χ1n) is 9.27. The van der Waals surface area contributed by atoms with Crippen LogP contribution in [-0.2, 0) is 6.61 Å². The molecule has 0 aliphatic heterocycles. The standard InChI is InChI=1S/C24H17BrClN3O/c1-15-2-8-21-22(10-15)29-24(28-21)18(13-27)11-17-5-9-23(20(25)12-17)30-14-16-3-6-19(26)7-4-16/h2-12H,14H2,1H3,(H,28,29). The fraction of sp³-hybridized carbons (Fsp3) is 0.0833. The van der Waals surface area contributed by atoms with Gasteiger partial charge in [0.05, 0.1) is 21.1 Å². The molecule has 0 atom stereocenters. The molecule has 0 unspecified atom stereocenters. The number of H-pyrrole nitrogens is 1. The molecule has 0 fully saturated rings. The summed E-state index contributed by atoms with van der Waals surface area (Å²) in [6, 6.07) is 21.5. The maximum absolute atomic E-state index is 9.65. The summed E-state index contributed by atoms with van der Waals surface area (Å²) in [6.45, 7) is 2.46. The van der Waals surface area contributed by atoms with E-state index in [0.29, 0.717) is 23.0 Å². The van der Waals surface area contributed by atoms with Gasteiger partial charge in [-0.15, -0.1) is 0 Å². The van der Waals surface area contributed by atoms with Crippen LogP contribution in [0.25, 0.3) is 22.7 Å². The minimum absolute atomic E-state index is 0.437. The first-order valence-corrected chi connectivity index (χ1v) is 10.4. The zero-order chi connectivity index (χ0) is 21.1. The predicted octanol–water partition coefficient (Wildman–Crippen LogP) is 6.93. The van der Waals surface area contributed by atoms with Crippen LogP contribution in [-0.4, -0.2) is 9.97 Å². The number of imidazole rings is 1. The van der Waals surface area contributed by atoms with Crippen LogP contribution in [0.2, 0.25) is 5.02 Å². The highest BCUT2D eigenvalue weighted by Gasteiger charge is 2.09. The third kappa shape index (κ3) is 4.56. The molecule has 0 saturated carbocycles. The van der Waals surface area contributed by atoms with Gasteiger partial charge in [0.1, 0.15) is 24.3 Å². The smallest absolute Gasteiger partial charge is 0.149 e. The summed E-state index contributed by atoms with van der Waals surface area (Å²) in [7, 11) is 0. The molecule has 0 radical (unpaired) electrons. The predicted molar refractivity (Wildman–Crippen MR) is 124 cm³/mol. The monoisotopic (exact) mass is 477 g/mol. The second-order valence-corrected chi connectivity index (χ2v) is 8.17. The Labute approximate surface area is 187 Å². The average molecular weight is 479 g/mol. The molecular formula is C24H17BrClN3O. The molecule has 0 spiro atoms. The van der Waals surface area contributed by atoms with Gasteiger partial charge in [0.2, 0.25) is 0 Å². The van der Waals surface area contributed by atoms with E-state index >= 15 is 0 Å². The highest BCUT2D eigenvalue weighted by Crippen LogP contribution is 2.29. The molecule has 148 valence electrons. The third-order valence-electron chi connectivity index (χ3n) is 4.59. The molecule has 1 aromatic heterocycles. The third-order valence-corrected chi connectivity index (χ3v) is 5.46. The Hall–Kier alpha value is -3.07. The highest BCUT2D eigenvalue weighted by molar-refractivity contribution is 9.10. The number of ether oxygens (including phenoxy) is 1. The summed E-state index contributed by atoms with van der Waals surface area (Å²) in [5, 5.41) is 10.3. The van der Waals surface area contributed by atoms with Crippen molar-refractivity contribution in [3.63, 3.8) is 0 Å². The van der Waals surface area contributed by atoms with Crippen molar-refractivity contribution >= 4 is 50.2 Å². The van der Waals surface area contributed by atoms with E-state index in [1.807, 2.05) is 67.6 Å². The van der Waals surface area contributed by atoms with Gasteiger partial charge in [-0.2, -0.15) is 5.26 Å². The van der Waals surface area contributed by atoms with Gasteiger partial charge in [-0.25, -0.2) is 4.98 Å². The van der Waals surface area contributed by atoms with Gasteiger partial charge < -0.3 is 9.72 Å². The maximum atomic E-state index is 9.65. The topological polar surface area (TPSA) is 61.7 Å². The van der Waals surface area contributed by atoms with Gasteiger partial charge in [0.15, 0.2) is 0 Å². The molecule has 30 heavy (non-hydrogen) atoms. The first kappa shape index (κ1) is 20.2. The van der Waals surface area contributed by atoms with Crippen molar-refractivity contribution < 1.29 is 4.74 Å². The number of nitriles is 1. The highest BCUT2D eigenvalue weighted by atomic mass is 79.9. The average Bonchev–Trinajstić information content (AvgIpc) is 3.15. The van der Waals surface area contributed by atoms with Crippen molar-refractivity contribution in [3.05, 3.63) is 92.7 Å². The molecule has 0 saturated heterocycles. The summed E-state index contributed by atoms with van der Waals surface area (Å²) in [6.07, 6.45) is 1.80. The van der Waals surface area contributed by atoms with Crippen LogP contribution in [0.4, 0.5) is 0 Å². The second-order valence-electron chi connectivity index (χ2n) is 6.88. The Morgan fingerprint density at radius 1 is 1.17 bits per heavy atom. The van der Waals surface area contributed by atoms with Crippen molar-refractivity contribution in [2.45, 2.75) is 13.5 Å². The van der Waals surface area contributed by atoms with E-state index in [9.17, 15) is 5.26 Å². The SMILES string of the molecule is Cc1ccc2nc(C(C#N)=Cc3ccc(OCc4ccc(Cl)cc4)c(Br)c3)[nH]c2c1. The lowest BCUT2D eigenvalue weighted by atomic mass is 10.1. The number of fused-ring (bicyclic) bond motifs is 1. The number of hydrogen-bond donors (Lipinski definition) is 1. The van der Waals surface area contributed by atoms with E-state index in [1.165, 1.54) is 0 Å². The Kier molecular flexibility index (Phi) is 5.89. The Morgan fingerprint density at radius 3 is 2.70 bits per heavy atom. The van der Waals surface area contributed by atoms with Gasteiger partial charge in [0, 0.05) is 5.02 Å². The molecule has 4 rings (SSSR count). The van der Waals surface area contributed by atoms with Crippen LogP contribution in [0.5, 0.6) is 5.75 Å². The second kappa shape index (κ2) is 8.74. The Morgan fingerprint density at radius 2 is 1.97 bits per heavy atom. The van der Waals surface area contributed by atoms with Crippen LogP contribution >= 0.6 is 27.5 Å². The molecule has 0 aliphatic rings. The van der Waals surface area contributed by atoms with Crippen molar-refractivity contribution in [1.82, 2.24) is 9.97 Å². The fourth-order valence-corrected chi connectivity index (χ4v) is 3.67. The maximum Gasteiger partial charge on any atom is 0.149 e. The molecule has 0 bridgehead atoms. The molecule has 0 amide bonds. The largest absolute Gasteiger partial charge is 0.488 e. The molecule has 4 aromatic rings. The molecule has 3 aromatic carbocycles. The Bertz CT molecular complexity index is 1290. The summed E-state index contributed by atoms with van der Waals surface area (Å²) in [4.78, 5) is 7.77. The van der Waals surface area contributed by atoms with Crippen molar-refractivity contribution in [1.29, 1.82) is 5.26 Å². The fourth-order valence-electron chi connectivity index (χ4n) is 3.04. The van der Waals surface area contributed by atoms with Gasteiger partial charge in [-0.05, 0) is 82.0 Å². The zero-order valence-corrected chi connectivity index (χ0v) is 18.5. The van der Waals surface area contributed by atoms with E-state index < -0.39 is 0 Å². The number of rotatable bonds is 5. The number of benzene rings is 3. The van der Waals surface area contributed by atoms with Gasteiger partial charge >= 0.3 is 0 Å². The normalized spacial score (nSPS) is 11.5. The van der Waals surface area contributed by atoms with Crippen LogP contribution in [0, 0.1) is 18.3 Å². The summed E-state index contributed by atoms with van der Waals surface area (Å²) >= 11 is 9.47. The van der Waals surface area contributed by atoms with Crippen LogP contribution in [0.15, 0.2) is 65.1 Å². The van der Waals surface area contributed by atoms with Crippen molar-refractivity contribution in [2.75, 3.05) is 0 Å². The Balaban J connectivity index is 1.55. The van der Waals surface area contributed by atoms with E-state index in [4.69, 9.17) is 16.3 Å². The van der Waals surface area contributed by atoms with Crippen LogP contribution in [0.3, 0.4) is 0 Å². The van der Waals surface area contributed by atoms with Gasteiger partial charge in [-0.3, -0.25) is 0 Å². The number of aromatic amines is 1. The number of aryl methyl sites for hydroxylation is 1. The minimum Gasteiger partial charge on any atom is -0.488 e. The lowest BCUT2D eigenvalue weighted by Gasteiger charge is -2.09. The number of aromatic nitrogens is 2. The van der Waals surface area contributed by atoms with Gasteiger partial charge in [-0.1, -0.05) is 35.9 Å². The van der Waals surface area contributed by atoms with E-state index in [1.54, 1.807) is 6.08 Å². The van der Waals surface area contributed by atoms with Crippen molar-refractivity contribution in [3.8, 4) is 11.8 Å². The summed E-state index contributed by atoms with van der Waals surface area (Å²) in [5.41, 5.74) is 5.25. The number of allylic oxidation sites excluding steroid dienone is 1. The van der Waals surface area contributed by atoms with Crippen LogP contribution < -0.4 is 4.74 Å². The number of nitrogens with one attached hydrogen (secondary N) is 1. The molecule has 4 nitrogen and oxygen atoms in total. The van der Waals surface area contributed by atoms with E-state index in [0.717, 1.165) is 37.9 Å². The van der Waals surface area contributed by atoms with E-state index in [-0.39, 0.29) is 0 Å². The molecular weight excluding hydrogens is 462 g/mol. The van der Waals surface area contributed by atoms with Crippen LogP contribution in [0.1, 0.15) is 22.5 Å². The first-order chi connectivity index (χ1) is 14.5. The van der Waals surface area contributed by atoms with Gasteiger partial charge in [0.25, 0.3) is 0 Å². The quantitative estimate of drug-likeness (QED) is 0.316. The molecule has 1 N–H and O–H groups in total. The zero-order valence-electron chi connectivity index (χ0n) is 16.1.